The lowest BCUT2D eigenvalue weighted by molar-refractivity contribution is -0.118. The van der Waals surface area contributed by atoms with E-state index in [0.29, 0.717) is 39.5 Å². The fourth-order valence-electron chi connectivity index (χ4n) is 4.11. The van der Waals surface area contributed by atoms with E-state index < -0.39 is 6.23 Å². The second-order valence-electron chi connectivity index (χ2n) is 7.60. The predicted octanol–water partition coefficient (Wildman–Crippen LogP) is 4.73. The van der Waals surface area contributed by atoms with Crippen LogP contribution in [0.2, 0.25) is 0 Å². The summed E-state index contributed by atoms with van der Waals surface area (Å²) in [4.78, 5) is 19.4. The second-order valence-corrected chi connectivity index (χ2v) is 8.83. The molecule has 172 valence electrons. The van der Waals surface area contributed by atoms with Crippen molar-refractivity contribution in [2.75, 3.05) is 24.9 Å². The third-order valence-corrected chi connectivity index (χ3v) is 6.07. The molecule has 8 nitrogen and oxygen atoms in total. The van der Waals surface area contributed by atoms with Crippen molar-refractivity contribution in [1.29, 1.82) is 0 Å². The zero-order chi connectivity index (χ0) is 23.7. The Hall–Kier alpha value is -3.33. The van der Waals surface area contributed by atoms with Gasteiger partial charge in [-0.15, -0.1) is 10.2 Å². The Bertz CT molecular complexity index is 1220. The van der Waals surface area contributed by atoms with Gasteiger partial charge in [-0.05, 0) is 43.4 Å². The van der Waals surface area contributed by atoms with Crippen molar-refractivity contribution in [2.45, 2.75) is 39.1 Å². The van der Waals surface area contributed by atoms with Crippen molar-refractivity contribution in [2.24, 2.45) is 0 Å². The zero-order valence-electron chi connectivity index (χ0n) is 19.5. The van der Waals surface area contributed by atoms with E-state index >= 15 is 0 Å². The highest BCUT2D eigenvalue weighted by atomic mass is 32.2. The Morgan fingerprint density at radius 3 is 2.64 bits per heavy atom. The molecule has 1 atom stereocenters. The average molecular weight is 467 g/mol. The lowest BCUT2D eigenvalue weighted by atomic mass is 10.00. The quantitative estimate of drug-likeness (QED) is 0.499. The second kappa shape index (κ2) is 9.27. The summed E-state index contributed by atoms with van der Waals surface area (Å²) in [7, 11) is 3.13. The maximum atomic E-state index is 13.1. The van der Waals surface area contributed by atoms with E-state index in [1.54, 1.807) is 25.2 Å². The summed E-state index contributed by atoms with van der Waals surface area (Å²) < 4.78 is 17.6. The average Bonchev–Trinajstić information content (AvgIpc) is 2.93. The molecule has 3 aromatic rings. The summed E-state index contributed by atoms with van der Waals surface area (Å²) >= 11 is 1.47. The van der Waals surface area contributed by atoms with E-state index in [0.717, 1.165) is 22.4 Å². The minimum absolute atomic E-state index is 0.193. The molecule has 33 heavy (non-hydrogen) atoms. The van der Waals surface area contributed by atoms with Crippen LogP contribution in [0.3, 0.4) is 0 Å². The van der Waals surface area contributed by atoms with Crippen molar-refractivity contribution in [1.82, 2.24) is 15.2 Å². The number of benzene rings is 2. The van der Waals surface area contributed by atoms with E-state index in [2.05, 4.69) is 15.2 Å². The number of methoxy groups -OCH3 is 2. The van der Waals surface area contributed by atoms with Crippen LogP contribution in [-0.2, 0) is 4.79 Å². The fourth-order valence-corrected chi connectivity index (χ4v) is 4.61. The first kappa shape index (κ1) is 22.8. The largest absolute Gasteiger partial charge is 0.493 e. The first-order valence-electron chi connectivity index (χ1n) is 10.6. The van der Waals surface area contributed by atoms with Crippen molar-refractivity contribution >= 4 is 23.4 Å². The molecule has 1 unspecified atom stereocenters. The Morgan fingerprint density at radius 2 is 1.97 bits per heavy atom. The number of hydrogen-bond acceptors (Lipinski definition) is 8. The number of hydrogen-bond donors (Lipinski definition) is 0. The predicted molar refractivity (Wildman–Crippen MR) is 127 cm³/mol. The number of para-hydroxylation sites is 1. The third kappa shape index (κ3) is 4.08. The van der Waals surface area contributed by atoms with E-state index in [9.17, 15) is 4.79 Å². The van der Waals surface area contributed by atoms with E-state index in [1.807, 2.05) is 45.0 Å². The van der Waals surface area contributed by atoms with Crippen LogP contribution < -0.4 is 19.1 Å². The molecule has 0 spiro atoms. The van der Waals surface area contributed by atoms with Gasteiger partial charge in [0.25, 0.3) is 0 Å². The number of fused-ring (bicyclic) bond motifs is 3. The summed E-state index contributed by atoms with van der Waals surface area (Å²) in [5, 5.41) is 9.26. The monoisotopic (exact) mass is 466 g/mol. The SMILES string of the molecule is CCSc1nnc2c(n1)OC(c1cccc(OC)c1OC)N(C(C)=O)c1c(C)cc(C)cc1-2. The maximum Gasteiger partial charge on any atom is 0.247 e. The molecular weight excluding hydrogens is 440 g/mol. The highest BCUT2D eigenvalue weighted by Crippen LogP contribution is 2.48. The number of thioether (sulfide) groups is 1. The Morgan fingerprint density at radius 1 is 1.18 bits per heavy atom. The normalized spacial score (nSPS) is 14.6. The Labute approximate surface area is 197 Å². The molecule has 0 aliphatic carbocycles. The number of aromatic nitrogens is 3. The number of anilines is 1. The summed E-state index contributed by atoms with van der Waals surface area (Å²) in [6.45, 7) is 7.50. The lowest BCUT2D eigenvalue weighted by Crippen LogP contribution is -2.36. The molecule has 0 saturated carbocycles. The van der Waals surface area contributed by atoms with Gasteiger partial charge in [0.15, 0.2) is 17.2 Å². The number of nitrogens with zero attached hydrogens (tertiary/aromatic N) is 4. The van der Waals surface area contributed by atoms with Gasteiger partial charge >= 0.3 is 0 Å². The number of carbonyl (C=O) groups excluding carboxylic acids is 1. The zero-order valence-corrected chi connectivity index (χ0v) is 20.3. The van der Waals surface area contributed by atoms with Crippen molar-refractivity contribution in [3.05, 3.63) is 47.0 Å². The molecule has 2 aromatic carbocycles. The van der Waals surface area contributed by atoms with Gasteiger partial charge in [-0.3, -0.25) is 9.69 Å². The Balaban J connectivity index is 2.05. The summed E-state index contributed by atoms with van der Waals surface area (Å²) in [6.07, 6.45) is -0.856. The maximum absolute atomic E-state index is 13.1. The summed E-state index contributed by atoms with van der Waals surface area (Å²) in [6, 6.07) is 9.50. The molecule has 0 fully saturated rings. The van der Waals surface area contributed by atoms with Gasteiger partial charge in [0.1, 0.15) is 0 Å². The molecule has 1 aliphatic heterocycles. The first-order valence-corrected chi connectivity index (χ1v) is 11.5. The molecule has 0 bridgehead atoms. The minimum Gasteiger partial charge on any atom is -0.493 e. The first-order chi connectivity index (χ1) is 15.9. The van der Waals surface area contributed by atoms with E-state index in [4.69, 9.17) is 14.2 Å². The minimum atomic E-state index is -0.856. The van der Waals surface area contributed by atoms with Crippen LogP contribution in [0.15, 0.2) is 35.5 Å². The van der Waals surface area contributed by atoms with Crippen molar-refractivity contribution in [3.63, 3.8) is 0 Å². The van der Waals surface area contributed by atoms with E-state index in [-0.39, 0.29) is 5.91 Å². The van der Waals surface area contributed by atoms with Gasteiger partial charge in [-0.25, -0.2) is 0 Å². The molecule has 1 aromatic heterocycles. The van der Waals surface area contributed by atoms with Crippen molar-refractivity contribution in [3.8, 4) is 28.6 Å². The number of aryl methyl sites for hydroxylation is 2. The molecular formula is C24H26N4O4S. The van der Waals surface area contributed by atoms with Gasteiger partial charge in [-0.2, -0.15) is 4.98 Å². The topological polar surface area (TPSA) is 86.7 Å². The van der Waals surface area contributed by atoms with Crippen LogP contribution in [0.4, 0.5) is 5.69 Å². The Kier molecular flexibility index (Phi) is 6.42. The van der Waals surface area contributed by atoms with Crippen LogP contribution in [0.1, 0.15) is 36.8 Å². The van der Waals surface area contributed by atoms with Gasteiger partial charge < -0.3 is 14.2 Å². The van der Waals surface area contributed by atoms with Gasteiger partial charge in [-0.1, -0.05) is 36.4 Å². The highest BCUT2D eigenvalue weighted by molar-refractivity contribution is 7.99. The van der Waals surface area contributed by atoms with Crippen molar-refractivity contribution < 1.29 is 19.0 Å². The number of amides is 1. The summed E-state index contributed by atoms with van der Waals surface area (Å²) in [5.41, 5.74) is 4.52. The highest BCUT2D eigenvalue weighted by Gasteiger charge is 2.37. The van der Waals surface area contributed by atoms with Crippen LogP contribution in [0.25, 0.3) is 11.3 Å². The van der Waals surface area contributed by atoms with Crippen LogP contribution in [0, 0.1) is 13.8 Å². The standard InChI is InChI=1S/C24H26N4O4S/c1-7-33-24-25-22-19(26-27-24)17-12-13(2)11-14(3)20(17)28(15(4)29)23(32-22)16-9-8-10-18(30-5)21(16)31-6/h8-12,23H,7H2,1-6H3. The van der Waals surface area contributed by atoms with Crippen LogP contribution in [0.5, 0.6) is 17.4 Å². The molecule has 0 saturated heterocycles. The third-order valence-electron chi connectivity index (χ3n) is 5.35. The number of rotatable bonds is 5. The molecule has 1 aliphatic rings. The molecule has 9 heteroatoms. The number of ether oxygens (including phenoxy) is 3. The molecule has 4 rings (SSSR count). The smallest absolute Gasteiger partial charge is 0.247 e. The van der Waals surface area contributed by atoms with Crippen LogP contribution in [-0.4, -0.2) is 41.1 Å². The van der Waals surface area contributed by atoms with Crippen LogP contribution >= 0.6 is 11.8 Å². The molecule has 0 radical (unpaired) electrons. The molecule has 1 amide bonds. The molecule has 0 N–H and O–H groups in total. The number of carbonyl (C=O) groups is 1. The van der Waals surface area contributed by atoms with E-state index in [1.165, 1.54) is 18.7 Å². The molecule has 2 heterocycles. The lowest BCUT2D eigenvalue weighted by Gasteiger charge is -2.32. The summed E-state index contributed by atoms with van der Waals surface area (Å²) in [5.74, 6) is 1.93. The fraction of sp³-hybridized carbons (Fsp3) is 0.333. The van der Waals surface area contributed by atoms with Gasteiger partial charge in [0.05, 0.1) is 25.5 Å². The van der Waals surface area contributed by atoms with Gasteiger partial charge in [0.2, 0.25) is 23.2 Å². The van der Waals surface area contributed by atoms with Gasteiger partial charge in [0, 0.05) is 12.5 Å².